The Balaban J connectivity index is 1.47. The van der Waals surface area contributed by atoms with Gasteiger partial charge in [-0.05, 0) is 23.8 Å². The lowest BCUT2D eigenvalue weighted by atomic mass is 10.0. The Morgan fingerprint density at radius 1 is 1.14 bits per heavy atom. The van der Waals surface area contributed by atoms with E-state index in [2.05, 4.69) is 15.3 Å². The van der Waals surface area contributed by atoms with Crippen LogP contribution in [0.1, 0.15) is 25.1 Å². The molecule has 0 aliphatic heterocycles. The van der Waals surface area contributed by atoms with Crippen molar-refractivity contribution in [3.63, 3.8) is 0 Å². The second-order valence-electron chi connectivity index (χ2n) is 7.85. The largest absolute Gasteiger partial charge is 0.458 e. The zero-order valence-corrected chi connectivity index (χ0v) is 19.9. The lowest BCUT2D eigenvalue weighted by Crippen LogP contribution is -2.42. The van der Waals surface area contributed by atoms with Crippen LogP contribution in [0.4, 0.5) is 15.2 Å². The van der Waals surface area contributed by atoms with Crippen molar-refractivity contribution in [2.45, 2.75) is 32.9 Å². The minimum atomic E-state index is -0.892. The molecule has 0 aliphatic rings. The van der Waals surface area contributed by atoms with Crippen molar-refractivity contribution >= 4 is 50.8 Å². The molecule has 10 heteroatoms. The molecule has 0 fully saturated rings. The average Bonchev–Trinajstić information content (AvgIpc) is 3.45. The number of H-pyrrole nitrogens is 1. The normalized spacial score (nSPS) is 11.7. The summed E-state index contributed by atoms with van der Waals surface area (Å²) in [7, 11) is 0. The van der Waals surface area contributed by atoms with Gasteiger partial charge in [-0.3, -0.25) is 14.5 Å². The van der Waals surface area contributed by atoms with Crippen molar-refractivity contribution in [3.05, 3.63) is 77.2 Å². The van der Waals surface area contributed by atoms with Crippen LogP contribution >= 0.6 is 11.3 Å². The standard InChI is InChI=1S/C25H23FN4O4S/c1-15(31)28-22(11-17-12-27-21-9-5-3-7-19(17)21)24(33)34-13-18-14-35-25(29-18)30(16(2)32)23-10-6-4-8-20(23)26/h3-10,12,14,22,27H,11,13H2,1-2H3,(H,28,31)/t22-/m0/s1. The second-order valence-corrected chi connectivity index (χ2v) is 8.69. The molecule has 4 aromatic rings. The van der Waals surface area contributed by atoms with Crippen molar-refractivity contribution in [2.24, 2.45) is 0 Å². The molecule has 0 bridgehead atoms. The van der Waals surface area contributed by atoms with E-state index in [1.165, 1.54) is 36.9 Å². The number of halogens is 1. The second kappa shape index (κ2) is 10.5. The smallest absolute Gasteiger partial charge is 0.329 e. The predicted molar refractivity (Wildman–Crippen MR) is 131 cm³/mol. The third-order valence-electron chi connectivity index (χ3n) is 5.26. The molecule has 2 N–H and O–H groups in total. The molecule has 0 spiro atoms. The number of aromatic amines is 1. The maximum absolute atomic E-state index is 14.3. The number of hydrogen-bond donors (Lipinski definition) is 2. The third kappa shape index (κ3) is 5.55. The molecular formula is C25H23FN4O4S. The zero-order chi connectivity index (χ0) is 24.9. The van der Waals surface area contributed by atoms with E-state index in [0.717, 1.165) is 27.8 Å². The van der Waals surface area contributed by atoms with E-state index < -0.39 is 23.7 Å². The third-order valence-corrected chi connectivity index (χ3v) is 6.14. The Labute approximate surface area is 204 Å². The fourth-order valence-electron chi connectivity index (χ4n) is 3.71. The van der Waals surface area contributed by atoms with Crippen molar-refractivity contribution in [1.82, 2.24) is 15.3 Å². The Morgan fingerprint density at radius 3 is 2.63 bits per heavy atom. The van der Waals surface area contributed by atoms with E-state index in [9.17, 15) is 18.8 Å². The molecule has 0 unspecified atom stereocenters. The van der Waals surface area contributed by atoms with Crippen molar-refractivity contribution in [1.29, 1.82) is 0 Å². The highest BCUT2D eigenvalue weighted by Gasteiger charge is 2.24. The van der Waals surface area contributed by atoms with Gasteiger partial charge in [-0.2, -0.15) is 0 Å². The Hall–Kier alpha value is -4.05. The fraction of sp³-hybridized carbons (Fsp3) is 0.200. The number of ether oxygens (including phenoxy) is 1. The van der Waals surface area contributed by atoms with Crippen molar-refractivity contribution in [3.8, 4) is 0 Å². The van der Waals surface area contributed by atoms with Gasteiger partial charge < -0.3 is 15.0 Å². The Kier molecular flexibility index (Phi) is 7.21. The first kappa shape index (κ1) is 24.1. The maximum Gasteiger partial charge on any atom is 0.329 e. The molecule has 2 aromatic carbocycles. The van der Waals surface area contributed by atoms with E-state index in [1.54, 1.807) is 17.6 Å². The van der Waals surface area contributed by atoms with Gasteiger partial charge in [0.15, 0.2) is 5.13 Å². The number of nitrogens with one attached hydrogen (secondary N) is 2. The van der Waals surface area contributed by atoms with Crippen molar-refractivity contribution < 1.29 is 23.5 Å². The summed E-state index contributed by atoms with van der Waals surface area (Å²) in [5.41, 5.74) is 2.28. The molecule has 2 amide bonds. The summed E-state index contributed by atoms with van der Waals surface area (Å²) < 4.78 is 19.7. The topological polar surface area (TPSA) is 104 Å². The quantitative estimate of drug-likeness (QED) is 0.357. The number of fused-ring (bicyclic) bond motifs is 1. The lowest BCUT2D eigenvalue weighted by Gasteiger charge is -2.18. The van der Waals surface area contributed by atoms with Gasteiger partial charge in [-0.1, -0.05) is 30.3 Å². The van der Waals surface area contributed by atoms with Crippen LogP contribution in [0.2, 0.25) is 0 Å². The number of esters is 1. The number of thiazole rings is 1. The number of aromatic nitrogens is 2. The number of amides is 2. The highest BCUT2D eigenvalue weighted by atomic mass is 32.1. The van der Waals surface area contributed by atoms with Crippen LogP contribution in [0.25, 0.3) is 10.9 Å². The van der Waals surface area contributed by atoms with Crippen molar-refractivity contribution in [2.75, 3.05) is 4.90 Å². The monoisotopic (exact) mass is 494 g/mol. The fourth-order valence-corrected chi connectivity index (χ4v) is 4.57. The molecule has 0 saturated carbocycles. The number of carbonyl (C=O) groups excluding carboxylic acids is 3. The zero-order valence-electron chi connectivity index (χ0n) is 19.1. The number of nitrogens with zero attached hydrogens (tertiary/aromatic N) is 2. The molecule has 8 nitrogen and oxygen atoms in total. The summed E-state index contributed by atoms with van der Waals surface area (Å²) in [6, 6.07) is 12.7. The van der Waals surface area contributed by atoms with Gasteiger partial charge in [0.1, 0.15) is 18.5 Å². The summed E-state index contributed by atoms with van der Waals surface area (Å²) in [4.78, 5) is 45.4. The van der Waals surface area contributed by atoms with Gasteiger partial charge in [0.25, 0.3) is 0 Å². The molecule has 0 radical (unpaired) electrons. The van der Waals surface area contributed by atoms with Gasteiger partial charge in [0.05, 0.1) is 11.4 Å². The number of carbonyl (C=O) groups is 3. The summed E-state index contributed by atoms with van der Waals surface area (Å²) in [5, 5.41) is 5.49. The lowest BCUT2D eigenvalue weighted by molar-refractivity contribution is -0.149. The summed E-state index contributed by atoms with van der Waals surface area (Å²) >= 11 is 1.13. The van der Waals surface area contributed by atoms with Gasteiger partial charge >= 0.3 is 5.97 Å². The SMILES string of the molecule is CC(=O)N[C@@H](Cc1c[nH]c2ccccc12)C(=O)OCc1csc(N(C(C)=O)c2ccccc2F)n1. The molecule has 2 aromatic heterocycles. The molecule has 35 heavy (non-hydrogen) atoms. The number of benzene rings is 2. The molecule has 2 heterocycles. The number of rotatable bonds is 8. The van der Waals surface area contributed by atoms with Crippen LogP contribution in [0.3, 0.4) is 0 Å². The predicted octanol–water partition coefficient (Wildman–Crippen LogP) is 4.24. The van der Waals surface area contributed by atoms with Gasteiger partial charge in [0, 0.05) is 42.7 Å². The van der Waals surface area contributed by atoms with Gasteiger partial charge in [-0.25, -0.2) is 14.2 Å². The molecule has 0 saturated heterocycles. The summed E-state index contributed by atoms with van der Waals surface area (Å²) in [6.45, 7) is 2.49. The minimum Gasteiger partial charge on any atom is -0.458 e. The van der Waals surface area contributed by atoms with Crippen LogP contribution < -0.4 is 10.2 Å². The molecule has 0 aliphatic carbocycles. The van der Waals surface area contributed by atoms with Crippen LogP contribution in [-0.2, 0) is 32.1 Å². The van der Waals surface area contributed by atoms with Gasteiger partial charge in [-0.15, -0.1) is 11.3 Å². The molecular weight excluding hydrogens is 471 g/mol. The first-order valence-corrected chi connectivity index (χ1v) is 11.7. The number of para-hydroxylation sites is 2. The van der Waals surface area contributed by atoms with E-state index >= 15 is 0 Å². The highest BCUT2D eigenvalue weighted by Crippen LogP contribution is 2.31. The number of anilines is 2. The first-order valence-electron chi connectivity index (χ1n) is 10.8. The maximum atomic E-state index is 14.3. The van der Waals surface area contributed by atoms with E-state index in [1.807, 2.05) is 24.3 Å². The minimum absolute atomic E-state index is 0.0855. The highest BCUT2D eigenvalue weighted by molar-refractivity contribution is 7.14. The van der Waals surface area contributed by atoms with Crippen LogP contribution in [0.5, 0.6) is 0 Å². The van der Waals surface area contributed by atoms with Crippen LogP contribution in [0.15, 0.2) is 60.1 Å². The first-order chi connectivity index (χ1) is 16.8. The van der Waals surface area contributed by atoms with E-state index in [-0.39, 0.29) is 29.8 Å². The van der Waals surface area contributed by atoms with Crippen LogP contribution in [0, 0.1) is 5.82 Å². The Bertz CT molecular complexity index is 1380. The molecule has 4 rings (SSSR count). The number of hydrogen-bond acceptors (Lipinski definition) is 6. The summed E-state index contributed by atoms with van der Waals surface area (Å²) in [5.74, 6) is -1.93. The molecule has 180 valence electrons. The Morgan fingerprint density at radius 2 is 1.89 bits per heavy atom. The average molecular weight is 495 g/mol. The van der Waals surface area contributed by atoms with Crippen LogP contribution in [-0.4, -0.2) is 33.8 Å². The summed E-state index contributed by atoms with van der Waals surface area (Å²) in [6.07, 6.45) is 2.05. The molecule has 1 atom stereocenters. The van der Waals surface area contributed by atoms with E-state index in [4.69, 9.17) is 4.74 Å². The van der Waals surface area contributed by atoms with E-state index in [0.29, 0.717) is 5.69 Å². The van der Waals surface area contributed by atoms with Gasteiger partial charge in [0.2, 0.25) is 11.8 Å².